The van der Waals surface area contributed by atoms with E-state index in [0.717, 1.165) is 12.8 Å². The molecule has 0 aliphatic heterocycles. The van der Waals surface area contributed by atoms with E-state index in [1.807, 2.05) is 0 Å². The Bertz CT molecular complexity index is 340. The summed E-state index contributed by atoms with van der Waals surface area (Å²) < 4.78 is 0. The fraction of sp³-hybridized carbons (Fsp3) is 0.857. The summed E-state index contributed by atoms with van der Waals surface area (Å²) in [5.74, 6) is -0.311. The lowest BCUT2D eigenvalue weighted by atomic mass is 9.57. The highest BCUT2D eigenvalue weighted by atomic mass is 16.4. The van der Waals surface area contributed by atoms with Crippen LogP contribution >= 0.6 is 0 Å². The van der Waals surface area contributed by atoms with E-state index in [9.17, 15) is 9.59 Å². The zero-order chi connectivity index (χ0) is 12.8. The van der Waals surface area contributed by atoms with Gasteiger partial charge in [-0.25, -0.2) is 0 Å². The average molecular weight is 238 g/mol. The minimum absolute atomic E-state index is 0.0106. The van der Waals surface area contributed by atoms with Crippen LogP contribution in [0.4, 0.5) is 0 Å². The van der Waals surface area contributed by atoms with E-state index in [4.69, 9.17) is 5.11 Å². The fourth-order valence-corrected chi connectivity index (χ4v) is 3.72. The highest BCUT2D eigenvalue weighted by Crippen LogP contribution is 2.49. The monoisotopic (exact) mass is 238 g/mol. The molecule has 0 aromatic carbocycles. The van der Waals surface area contributed by atoms with Crippen molar-refractivity contribution < 1.29 is 14.7 Å². The number of fused-ring (bicyclic) bond motifs is 2. The van der Waals surface area contributed by atoms with Crippen molar-refractivity contribution in [3.63, 3.8) is 0 Å². The molecule has 0 saturated heterocycles. The third-order valence-corrected chi connectivity index (χ3v) is 4.65. The van der Waals surface area contributed by atoms with E-state index >= 15 is 0 Å². The van der Waals surface area contributed by atoms with Crippen molar-refractivity contribution in [1.82, 2.24) is 0 Å². The highest BCUT2D eigenvalue weighted by molar-refractivity contribution is 5.87. The molecule has 2 aliphatic rings. The van der Waals surface area contributed by atoms with Gasteiger partial charge in [-0.15, -0.1) is 0 Å². The van der Waals surface area contributed by atoms with Crippen LogP contribution in [0.15, 0.2) is 0 Å². The van der Waals surface area contributed by atoms with Crippen LogP contribution in [0.1, 0.15) is 46.5 Å². The van der Waals surface area contributed by atoms with Crippen molar-refractivity contribution in [3.8, 4) is 0 Å². The third kappa shape index (κ3) is 2.24. The summed E-state index contributed by atoms with van der Waals surface area (Å²) in [7, 11) is 0. The van der Waals surface area contributed by atoms with E-state index in [1.54, 1.807) is 0 Å². The van der Waals surface area contributed by atoms with Gasteiger partial charge in [-0.2, -0.15) is 0 Å². The second-order valence-electron chi connectivity index (χ2n) is 6.76. The molecule has 17 heavy (non-hydrogen) atoms. The van der Waals surface area contributed by atoms with Crippen molar-refractivity contribution in [1.29, 1.82) is 0 Å². The van der Waals surface area contributed by atoms with Gasteiger partial charge < -0.3 is 5.11 Å². The van der Waals surface area contributed by atoms with Gasteiger partial charge in [0.25, 0.3) is 0 Å². The zero-order valence-corrected chi connectivity index (χ0v) is 10.9. The number of carboxylic acids is 1. The maximum atomic E-state index is 12.2. The summed E-state index contributed by atoms with van der Waals surface area (Å²) in [4.78, 5) is 23.4. The Labute approximate surface area is 103 Å². The summed E-state index contributed by atoms with van der Waals surface area (Å²) in [5, 5.41) is 9.16. The summed E-state index contributed by atoms with van der Waals surface area (Å²) in [6.07, 6.45) is 3.10. The minimum Gasteiger partial charge on any atom is -0.481 e. The van der Waals surface area contributed by atoms with Crippen molar-refractivity contribution in [2.45, 2.75) is 46.5 Å². The number of aliphatic carboxylic acids is 1. The maximum absolute atomic E-state index is 12.2. The lowest BCUT2D eigenvalue weighted by molar-refractivity contribution is -0.151. The Kier molecular flexibility index (Phi) is 3.04. The first kappa shape index (κ1) is 12.6. The molecule has 2 saturated carbocycles. The second kappa shape index (κ2) is 4.11. The molecule has 96 valence electrons. The number of carbonyl (C=O) groups excluding carboxylic acids is 1. The topological polar surface area (TPSA) is 54.4 Å². The Hall–Kier alpha value is -0.860. The van der Waals surface area contributed by atoms with Gasteiger partial charge in [0, 0.05) is 11.8 Å². The Balaban J connectivity index is 2.22. The van der Waals surface area contributed by atoms with E-state index in [-0.39, 0.29) is 23.2 Å². The van der Waals surface area contributed by atoms with Crippen LogP contribution in [-0.4, -0.2) is 16.9 Å². The van der Waals surface area contributed by atoms with Gasteiger partial charge >= 0.3 is 5.97 Å². The minimum atomic E-state index is -0.720. The Morgan fingerprint density at radius 2 is 1.88 bits per heavy atom. The van der Waals surface area contributed by atoms with Crippen LogP contribution in [0, 0.1) is 29.1 Å². The molecule has 0 amide bonds. The van der Waals surface area contributed by atoms with E-state index in [0.29, 0.717) is 24.5 Å². The third-order valence-electron chi connectivity index (χ3n) is 4.65. The maximum Gasteiger partial charge on any atom is 0.306 e. The number of carboxylic acid groups (broad SMARTS) is 1. The van der Waals surface area contributed by atoms with Crippen molar-refractivity contribution in [2.24, 2.45) is 29.1 Å². The lowest BCUT2D eigenvalue weighted by Gasteiger charge is -2.46. The number of ketones is 1. The fourth-order valence-electron chi connectivity index (χ4n) is 3.72. The van der Waals surface area contributed by atoms with Crippen molar-refractivity contribution in [2.75, 3.05) is 0 Å². The summed E-state index contributed by atoms with van der Waals surface area (Å²) >= 11 is 0. The quantitative estimate of drug-likeness (QED) is 0.764. The van der Waals surface area contributed by atoms with Crippen molar-refractivity contribution >= 4 is 11.8 Å². The molecule has 0 aromatic rings. The first-order chi connectivity index (χ1) is 7.80. The predicted molar refractivity (Wildman–Crippen MR) is 64.5 cm³/mol. The molecule has 2 bridgehead atoms. The van der Waals surface area contributed by atoms with Gasteiger partial charge in [0.1, 0.15) is 5.78 Å². The number of hydrogen-bond acceptors (Lipinski definition) is 2. The van der Waals surface area contributed by atoms with Crippen LogP contribution in [-0.2, 0) is 9.59 Å². The van der Waals surface area contributed by atoms with Gasteiger partial charge in [-0.3, -0.25) is 9.59 Å². The van der Waals surface area contributed by atoms with Gasteiger partial charge in [0.05, 0.1) is 5.92 Å². The molecule has 3 heteroatoms. The van der Waals surface area contributed by atoms with Crippen LogP contribution in [0.5, 0.6) is 0 Å². The summed E-state index contributed by atoms with van der Waals surface area (Å²) in [5.41, 5.74) is 0.103. The molecule has 2 fully saturated rings. The smallest absolute Gasteiger partial charge is 0.306 e. The Morgan fingerprint density at radius 3 is 2.41 bits per heavy atom. The summed E-state index contributed by atoms with van der Waals surface area (Å²) in [6.45, 7) is 6.49. The Morgan fingerprint density at radius 1 is 1.24 bits per heavy atom. The van der Waals surface area contributed by atoms with Crippen LogP contribution in [0.3, 0.4) is 0 Å². The SMILES string of the molecule is CC(C)(C)[C@@H]1CC[C@H]2C[C@H](C(=O)O)C[C@@H]1C2=O. The summed E-state index contributed by atoms with van der Waals surface area (Å²) in [6, 6.07) is 0. The predicted octanol–water partition coefficient (Wildman–Crippen LogP) is 2.74. The molecule has 0 aromatic heterocycles. The van der Waals surface area contributed by atoms with Crippen LogP contribution in [0.25, 0.3) is 0 Å². The standard InChI is InChI=1S/C14H22O3/c1-14(2,3)11-5-4-8-6-9(13(16)17)7-10(11)12(8)15/h8-11H,4-7H2,1-3H3,(H,16,17)/t8-,9-,10-,11+/m0/s1. The average Bonchev–Trinajstić information content (AvgIpc) is 2.14. The molecule has 0 unspecified atom stereocenters. The largest absolute Gasteiger partial charge is 0.481 e. The van der Waals surface area contributed by atoms with E-state index in [1.165, 1.54) is 0 Å². The number of carbonyl (C=O) groups is 2. The molecule has 1 N–H and O–H groups in total. The highest BCUT2D eigenvalue weighted by Gasteiger charge is 2.48. The van der Waals surface area contributed by atoms with E-state index < -0.39 is 5.97 Å². The number of hydrogen-bond donors (Lipinski definition) is 1. The molecule has 0 heterocycles. The van der Waals surface area contributed by atoms with Gasteiger partial charge in [-0.05, 0) is 37.0 Å². The van der Waals surface area contributed by atoms with Gasteiger partial charge in [0.2, 0.25) is 0 Å². The van der Waals surface area contributed by atoms with E-state index in [2.05, 4.69) is 20.8 Å². The first-order valence-electron chi connectivity index (χ1n) is 6.57. The molecule has 0 spiro atoms. The molecule has 2 rings (SSSR count). The van der Waals surface area contributed by atoms with Crippen molar-refractivity contribution in [3.05, 3.63) is 0 Å². The molecule has 0 radical (unpaired) electrons. The van der Waals surface area contributed by atoms with Crippen LogP contribution in [0.2, 0.25) is 0 Å². The second-order valence-corrected chi connectivity index (χ2v) is 6.76. The molecule has 3 nitrogen and oxygen atoms in total. The molecule has 2 aliphatic carbocycles. The zero-order valence-electron chi connectivity index (χ0n) is 10.9. The first-order valence-corrected chi connectivity index (χ1v) is 6.57. The van der Waals surface area contributed by atoms with Gasteiger partial charge in [-0.1, -0.05) is 20.8 Å². The van der Waals surface area contributed by atoms with Crippen LogP contribution < -0.4 is 0 Å². The normalized spacial score (nSPS) is 37.9. The molecule has 4 atom stereocenters. The number of Topliss-reactive ketones (excluding diaryl/α,β-unsaturated/α-hetero) is 1. The lowest BCUT2D eigenvalue weighted by Crippen LogP contribution is -2.46. The molecular formula is C14H22O3. The molecular weight excluding hydrogens is 216 g/mol. The van der Waals surface area contributed by atoms with Gasteiger partial charge in [0.15, 0.2) is 0 Å². The number of rotatable bonds is 1.